The molecule has 0 aromatic heterocycles. The van der Waals surface area contributed by atoms with E-state index in [0.717, 1.165) is 36.4 Å². The molecule has 1 N–H and O–H groups in total. The molecule has 0 bridgehead atoms. The van der Waals surface area contributed by atoms with Crippen molar-refractivity contribution in [3.8, 4) is 11.5 Å². The van der Waals surface area contributed by atoms with Crippen LogP contribution in [0.15, 0.2) is 72.8 Å². The van der Waals surface area contributed by atoms with Crippen LogP contribution < -0.4 is 14.8 Å². The largest absolute Gasteiger partial charge is 0.490 e. The Morgan fingerprint density at radius 1 is 0.806 bits per heavy atom. The highest BCUT2D eigenvalue weighted by molar-refractivity contribution is 5.85. The summed E-state index contributed by atoms with van der Waals surface area (Å²) in [6, 6.07) is 25.7. The van der Waals surface area contributed by atoms with E-state index in [-0.39, 0.29) is 12.4 Å². The standard InChI is InChI=1S/C27H33NO2.ClH/c1-4-29-27-18-25(19-28-22(3)12-15-23-8-6-5-7-9-23)16-17-26(27)30-20-24-13-10-21(2)11-14-24;/h5-11,13-14,16-18,22,28H,4,12,15,19-20H2,1-3H3;1H. The minimum Gasteiger partial charge on any atom is -0.490 e. The fraction of sp³-hybridized carbons (Fsp3) is 0.333. The van der Waals surface area contributed by atoms with E-state index in [4.69, 9.17) is 9.47 Å². The fourth-order valence-electron chi connectivity index (χ4n) is 3.32. The number of benzene rings is 3. The van der Waals surface area contributed by atoms with Gasteiger partial charge in [-0.15, -0.1) is 12.4 Å². The maximum atomic E-state index is 6.04. The molecule has 1 unspecified atom stereocenters. The second kappa shape index (κ2) is 13.0. The van der Waals surface area contributed by atoms with E-state index in [2.05, 4.69) is 85.9 Å². The molecule has 3 aromatic rings. The highest BCUT2D eigenvalue weighted by atomic mass is 35.5. The van der Waals surface area contributed by atoms with E-state index < -0.39 is 0 Å². The lowest BCUT2D eigenvalue weighted by Gasteiger charge is -2.16. The molecule has 0 spiro atoms. The predicted molar refractivity (Wildman–Crippen MR) is 131 cm³/mol. The van der Waals surface area contributed by atoms with Gasteiger partial charge in [-0.1, -0.05) is 66.2 Å². The molecule has 4 heteroatoms. The van der Waals surface area contributed by atoms with Crippen LogP contribution >= 0.6 is 12.4 Å². The average molecular weight is 440 g/mol. The second-order valence-electron chi connectivity index (χ2n) is 7.79. The Bertz CT molecular complexity index is 897. The van der Waals surface area contributed by atoms with Gasteiger partial charge in [0.1, 0.15) is 6.61 Å². The predicted octanol–water partition coefficient (Wildman–Crippen LogP) is 6.51. The highest BCUT2D eigenvalue weighted by Gasteiger charge is 2.09. The van der Waals surface area contributed by atoms with Crippen molar-refractivity contribution in [1.29, 1.82) is 0 Å². The minimum atomic E-state index is 0. The minimum absolute atomic E-state index is 0. The van der Waals surface area contributed by atoms with Crippen LogP contribution in [-0.2, 0) is 19.6 Å². The molecular weight excluding hydrogens is 406 g/mol. The van der Waals surface area contributed by atoms with E-state index in [1.165, 1.54) is 16.7 Å². The zero-order chi connectivity index (χ0) is 21.2. The normalized spacial score (nSPS) is 11.5. The summed E-state index contributed by atoms with van der Waals surface area (Å²) in [6.45, 7) is 8.30. The first-order valence-corrected chi connectivity index (χ1v) is 10.9. The summed E-state index contributed by atoms with van der Waals surface area (Å²) in [5.74, 6) is 1.60. The quantitative estimate of drug-likeness (QED) is 0.369. The van der Waals surface area contributed by atoms with Crippen LogP contribution in [0, 0.1) is 6.92 Å². The number of rotatable bonds is 11. The van der Waals surface area contributed by atoms with Crippen LogP contribution in [0.4, 0.5) is 0 Å². The highest BCUT2D eigenvalue weighted by Crippen LogP contribution is 2.29. The van der Waals surface area contributed by atoms with Gasteiger partial charge in [0.05, 0.1) is 6.61 Å². The van der Waals surface area contributed by atoms with E-state index in [1.54, 1.807) is 0 Å². The van der Waals surface area contributed by atoms with Crippen LogP contribution in [0.2, 0.25) is 0 Å². The smallest absolute Gasteiger partial charge is 0.161 e. The molecule has 3 aromatic carbocycles. The first-order valence-electron chi connectivity index (χ1n) is 10.9. The van der Waals surface area contributed by atoms with E-state index in [0.29, 0.717) is 19.3 Å². The maximum absolute atomic E-state index is 6.04. The van der Waals surface area contributed by atoms with Crippen molar-refractivity contribution < 1.29 is 9.47 Å². The zero-order valence-electron chi connectivity index (χ0n) is 18.8. The number of ether oxygens (including phenoxy) is 2. The zero-order valence-corrected chi connectivity index (χ0v) is 19.6. The third-order valence-corrected chi connectivity index (χ3v) is 5.19. The molecule has 31 heavy (non-hydrogen) atoms. The van der Waals surface area contributed by atoms with Gasteiger partial charge in [0.2, 0.25) is 0 Å². The van der Waals surface area contributed by atoms with Crippen molar-refractivity contribution in [3.63, 3.8) is 0 Å². The first-order chi connectivity index (χ1) is 14.6. The molecule has 0 aliphatic heterocycles. The second-order valence-corrected chi connectivity index (χ2v) is 7.79. The average Bonchev–Trinajstić information content (AvgIpc) is 2.77. The Balaban J connectivity index is 0.00000341. The molecule has 0 fully saturated rings. The third kappa shape index (κ3) is 8.28. The van der Waals surface area contributed by atoms with E-state index >= 15 is 0 Å². The third-order valence-electron chi connectivity index (χ3n) is 5.19. The van der Waals surface area contributed by atoms with Crippen LogP contribution in [-0.4, -0.2) is 12.6 Å². The molecule has 0 aliphatic carbocycles. The summed E-state index contributed by atoms with van der Waals surface area (Å²) in [5, 5.41) is 3.62. The lowest BCUT2D eigenvalue weighted by Crippen LogP contribution is -2.26. The fourth-order valence-corrected chi connectivity index (χ4v) is 3.32. The van der Waals surface area contributed by atoms with Crippen molar-refractivity contribution in [2.75, 3.05) is 6.61 Å². The van der Waals surface area contributed by atoms with Crippen molar-refractivity contribution in [2.45, 2.75) is 52.8 Å². The SMILES string of the molecule is CCOc1cc(CNC(C)CCc2ccccc2)ccc1OCc1ccc(C)cc1.Cl. The van der Waals surface area contributed by atoms with Crippen LogP contribution in [0.1, 0.15) is 42.5 Å². The van der Waals surface area contributed by atoms with Gasteiger partial charge in [0.25, 0.3) is 0 Å². The molecule has 0 aliphatic rings. The number of halogens is 1. The van der Waals surface area contributed by atoms with Gasteiger partial charge < -0.3 is 14.8 Å². The van der Waals surface area contributed by atoms with Crippen molar-refractivity contribution in [1.82, 2.24) is 5.32 Å². The Morgan fingerprint density at radius 3 is 2.23 bits per heavy atom. The van der Waals surface area contributed by atoms with Crippen LogP contribution in [0.3, 0.4) is 0 Å². The number of nitrogens with one attached hydrogen (secondary N) is 1. The summed E-state index contributed by atoms with van der Waals surface area (Å²) in [4.78, 5) is 0. The molecule has 0 radical (unpaired) electrons. The van der Waals surface area contributed by atoms with Crippen molar-refractivity contribution in [2.24, 2.45) is 0 Å². The molecule has 0 amide bonds. The van der Waals surface area contributed by atoms with Gasteiger partial charge >= 0.3 is 0 Å². The maximum Gasteiger partial charge on any atom is 0.161 e. The van der Waals surface area contributed by atoms with E-state index in [9.17, 15) is 0 Å². The topological polar surface area (TPSA) is 30.5 Å². The summed E-state index contributed by atoms with van der Waals surface area (Å²) in [5.41, 5.74) is 5.00. The number of hydrogen-bond acceptors (Lipinski definition) is 3. The molecule has 0 saturated heterocycles. The summed E-state index contributed by atoms with van der Waals surface area (Å²) >= 11 is 0. The molecular formula is C27H34ClNO2. The molecule has 3 nitrogen and oxygen atoms in total. The first kappa shape index (κ1) is 24.8. The Labute approximate surface area is 193 Å². The van der Waals surface area contributed by atoms with Gasteiger partial charge in [-0.2, -0.15) is 0 Å². The van der Waals surface area contributed by atoms with Gasteiger partial charge in [-0.25, -0.2) is 0 Å². The molecule has 1 atom stereocenters. The Kier molecular flexibility index (Phi) is 10.4. The summed E-state index contributed by atoms with van der Waals surface area (Å²) < 4.78 is 11.9. The van der Waals surface area contributed by atoms with E-state index in [1.807, 2.05) is 13.0 Å². The lowest BCUT2D eigenvalue weighted by atomic mass is 10.1. The Hall–Kier alpha value is -2.49. The monoisotopic (exact) mass is 439 g/mol. The Morgan fingerprint density at radius 2 is 1.52 bits per heavy atom. The van der Waals surface area contributed by atoms with Crippen LogP contribution in [0.5, 0.6) is 11.5 Å². The van der Waals surface area contributed by atoms with Gasteiger partial charge in [-0.05, 0) is 62.4 Å². The molecule has 3 rings (SSSR count). The molecule has 166 valence electrons. The number of hydrogen-bond donors (Lipinski definition) is 1. The lowest BCUT2D eigenvalue weighted by molar-refractivity contribution is 0.269. The van der Waals surface area contributed by atoms with Gasteiger partial charge in [0.15, 0.2) is 11.5 Å². The summed E-state index contributed by atoms with van der Waals surface area (Å²) in [7, 11) is 0. The van der Waals surface area contributed by atoms with Crippen molar-refractivity contribution in [3.05, 3.63) is 95.1 Å². The van der Waals surface area contributed by atoms with Crippen LogP contribution in [0.25, 0.3) is 0 Å². The summed E-state index contributed by atoms with van der Waals surface area (Å²) in [6.07, 6.45) is 2.20. The van der Waals surface area contributed by atoms with Crippen molar-refractivity contribution >= 4 is 12.4 Å². The molecule has 0 saturated carbocycles. The van der Waals surface area contributed by atoms with Gasteiger partial charge in [-0.3, -0.25) is 0 Å². The van der Waals surface area contributed by atoms with Gasteiger partial charge in [0, 0.05) is 12.6 Å². The number of aryl methyl sites for hydroxylation is 2. The molecule has 0 heterocycles.